The quantitative estimate of drug-likeness (QED) is 0.881. The highest BCUT2D eigenvalue weighted by Gasteiger charge is 2.21. The van der Waals surface area contributed by atoms with Crippen molar-refractivity contribution in [1.29, 1.82) is 0 Å². The second-order valence-electron chi connectivity index (χ2n) is 4.79. The minimum Gasteiger partial charge on any atom is -0.463 e. The van der Waals surface area contributed by atoms with Gasteiger partial charge in [-0.25, -0.2) is 0 Å². The molecule has 0 spiro atoms. The summed E-state index contributed by atoms with van der Waals surface area (Å²) < 4.78 is 10.9. The van der Waals surface area contributed by atoms with Crippen molar-refractivity contribution in [1.82, 2.24) is 14.9 Å². The molecule has 0 saturated carbocycles. The van der Waals surface area contributed by atoms with Crippen LogP contribution in [0.1, 0.15) is 18.9 Å². The van der Waals surface area contributed by atoms with Gasteiger partial charge in [0, 0.05) is 6.54 Å². The van der Waals surface area contributed by atoms with Crippen LogP contribution < -0.4 is 15.0 Å². The number of fused-ring (bicyclic) bond motifs is 1. The molecule has 20 heavy (non-hydrogen) atoms. The maximum Gasteiger partial charge on any atom is 0.299 e. The van der Waals surface area contributed by atoms with Gasteiger partial charge in [-0.1, -0.05) is 13.5 Å². The second kappa shape index (κ2) is 5.92. The molecular weight excluding hydrogens is 258 g/mol. The van der Waals surface area contributed by atoms with E-state index in [-0.39, 0.29) is 17.4 Å². The summed E-state index contributed by atoms with van der Waals surface area (Å²) in [6, 6.07) is 0.167. The van der Waals surface area contributed by atoms with Gasteiger partial charge < -0.3 is 14.4 Å². The number of nitrogens with one attached hydrogen (secondary N) is 1. The molecule has 2 heterocycles. The van der Waals surface area contributed by atoms with Crippen molar-refractivity contribution in [2.24, 2.45) is 0 Å². The minimum absolute atomic E-state index is 0.167. The first-order valence-electron chi connectivity index (χ1n) is 6.50. The lowest BCUT2D eigenvalue weighted by atomic mass is 10.0. The predicted octanol–water partition coefficient (Wildman–Crippen LogP) is 1.41. The van der Waals surface area contributed by atoms with Crippen LogP contribution in [0.25, 0.3) is 5.57 Å². The van der Waals surface area contributed by atoms with Crippen LogP contribution >= 0.6 is 0 Å². The molecule has 0 aliphatic carbocycles. The van der Waals surface area contributed by atoms with Gasteiger partial charge in [-0.3, -0.25) is 9.78 Å². The van der Waals surface area contributed by atoms with E-state index >= 15 is 0 Å². The number of H-pyrrole nitrogens is 1. The number of nitrogens with zero attached hydrogens (tertiary/aromatic N) is 2. The van der Waals surface area contributed by atoms with E-state index in [4.69, 9.17) is 9.47 Å². The van der Waals surface area contributed by atoms with Crippen LogP contribution in [0.3, 0.4) is 0 Å². The maximum atomic E-state index is 12.1. The fraction of sp³-hybridized carbons (Fsp3) is 0.429. The van der Waals surface area contributed by atoms with Gasteiger partial charge in [0.05, 0.1) is 0 Å². The first kappa shape index (κ1) is 14.3. The Hall–Kier alpha value is -2.08. The van der Waals surface area contributed by atoms with Crippen molar-refractivity contribution in [2.45, 2.75) is 13.3 Å². The van der Waals surface area contributed by atoms with Crippen LogP contribution in [-0.2, 0) is 0 Å². The lowest BCUT2D eigenvalue weighted by Crippen LogP contribution is -2.23. The van der Waals surface area contributed by atoms with Crippen LogP contribution in [0, 0.1) is 0 Å². The minimum atomic E-state index is -0.254. The third kappa shape index (κ3) is 3.08. The molecule has 1 aliphatic heterocycles. The molecule has 0 saturated heterocycles. The summed E-state index contributed by atoms with van der Waals surface area (Å²) >= 11 is 0. The largest absolute Gasteiger partial charge is 0.463 e. The van der Waals surface area contributed by atoms with Gasteiger partial charge in [-0.05, 0) is 32.2 Å². The first-order chi connectivity index (χ1) is 9.51. The molecule has 0 aromatic carbocycles. The summed E-state index contributed by atoms with van der Waals surface area (Å²) in [5, 5.41) is 0. The van der Waals surface area contributed by atoms with E-state index in [1.165, 1.54) is 0 Å². The Kier molecular flexibility index (Phi) is 4.24. The highest BCUT2D eigenvalue weighted by atomic mass is 16.5. The molecule has 1 aromatic rings. The topological polar surface area (TPSA) is 67.5 Å². The molecule has 6 heteroatoms. The molecule has 0 atom stereocenters. The number of aromatic nitrogens is 2. The Labute approximate surface area is 117 Å². The Balaban J connectivity index is 2.27. The zero-order chi connectivity index (χ0) is 14.7. The molecule has 108 valence electrons. The first-order valence-corrected chi connectivity index (χ1v) is 6.50. The Bertz CT molecular complexity index is 602. The summed E-state index contributed by atoms with van der Waals surface area (Å²) in [6.45, 7) is 6.89. The molecule has 0 radical (unpaired) electrons. The third-order valence-corrected chi connectivity index (χ3v) is 2.91. The Morgan fingerprint density at radius 2 is 2.25 bits per heavy atom. The third-order valence-electron chi connectivity index (χ3n) is 2.91. The van der Waals surface area contributed by atoms with Crippen molar-refractivity contribution >= 4 is 5.57 Å². The van der Waals surface area contributed by atoms with Gasteiger partial charge in [0.15, 0.2) is 0 Å². The van der Waals surface area contributed by atoms with Gasteiger partial charge in [0.25, 0.3) is 11.6 Å². The standard InChI is InChI=1S/C14H19N3O3/c1-5-10-8-9(2)20-13-11(10)12(18)15-14(16-13)19-7-6-17(3)4/h8H,2,5-7H2,1,3-4H3,(H,15,16,18). The van der Waals surface area contributed by atoms with Crippen molar-refractivity contribution in [2.75, 3.05) is 27.2 Å². The van der Waals surface area contributed by atoms with Gasteiger partial charge in [0.2, 0.25) is 5.88 Å². The van der Waals surface area contributed by atoms with Crippen LogP contribution in [0.2, 0.25) is 0 Å². The number of ether oxygens (including phenoxy) is 2. The molecule has 0 fully saturated rings. The van der Waals surface area contributed by atoms with Crippen LogP contribution in [-0.4, -0.2) is 42.1 Å². The average molecular weight is 277 g/mol. The molecule has 0 bridgehead atoms. The smallest absolute Gasteiger partial charge is 0.299 e. The van der Waals surface area contributed by atoms with Crippen molar-refractivity contribution in [3.8, 4) is 11.9 Å². The molecular formula is C14H19N3O3. The fourth-order valence-corrected chi connectivity index (χ4v) is 1.88. The summed E-state index contributed by atoms with van der Waals surface area (Å²) in [7, 11) is 3.88. The zero-order valence-corrected chi connectivity index (χ0v) is 12.0. The number of rotatable bonds is 5. The molecule has 2 rings (SSSR count). The van der Waals surface area contributed by atoms with Crippen molar-refractivity contribution < 1.29 is 9.47 Å². The molecule has 6 nitrogen and oxygen atoms in total. The number of likely N-dealkylation sites (N-methyl/N-ethyl adjacent to an activating group) is 1. The van der Waals surface area contributed by atoms with E-state index in [2.05, 4.69) is 16.5 Å². The van der Waals surface area contributed by atoms with Crippen LogP contribution in [0.4, 0.5) is 0 Å². The SMILES string of the molecule is C=C1C=C(CC)c2c(nc(OCCN(C)C)[nH]c2=O)O1. The number of hydrogen-bond donors (Lipinski definition) is 1. The monoisotopic (exact) mass is 277 g/mol. The van der Waals surface area contributed by atoms with E-state index in [0.717, 1.165) is 12.1 Å². The van der Waals surface area contributed by atoms with Crippen LogP contribution in [0.5, 0.6) is 11.9 Å². The lowest BCUT2D eigenvalue weighted by Gasteiger charge is -2.18. The number of aromatic amines is 1. The van der Waals surface area contributed by atoms with E-state index < -0.39 is 0 Å². The molecule has 1 aromatic heterocycles. The summed E-state index contributed by atoms with van der Waals surface area (Å²) in [5.41, 5.74) is 1.07. The zero-order valence-electron chi connectivity index (χ0n) is 12.0. The highest BCUT2D eigenvalue weighted by molar-refractivity contribution is 5.72. The van der Waals surface area contributed by atoms with Crippen molar-refractivity contribution in [3.05, 3.63) is 34.3 Å². The maximum absolute atomic E-state index is 12.1. The normalized spacial score (nSPS) is 13.8. The summed E-state index contributed by atoms with van der Waals surface area (Å²) in [4.78, 5) is 20.9. The van der Waals surface area contributed by atoms with Crippen LogP contribution in [0.15, 0.2) is 23.2 Å². The van der Waals surface area contributed by atoms with Gasteiger partial charge >= 0.3 is 0 Å². The van der Waals surface area contributed by atoms with E-state index in [9.17, 15) is 4.79 Å². The van der Waals surface area contributed by atoms with E-state index in [1.807, 2.05) is 25.9 Å². The summed E-state index contributed by atoms with van der Waals surface area (Å²) in [6.07, 6.45) is 2.47. The summed E-state index contributed by atoms with van der Waals surface area (Å²) in [5.74, 6) is 0.740. The predicted molar refractivity (Wildman–Crippen MR) is 76.9 cm³/mol. The second-order valence-corrected chi connectivity index (χ2v) is 4.79. The molecule has 1 aliphatic rings. The molecule has 0 amide bonds. The Morgan fingerprint density at radius 1 is 1.50 bits per heavy atom. The molecule has 1 N–H and O–H groups in total. The van der Waals surface area contributed by atoms with E-state index in [0.29, 0.717) is 24.4 Å². The fourth-order valence-electron chi connectivity index (χ4n) is 1.88. The molecule has 0 unspecified atom stereocenters. The average Bonchev–Trinajstić information content (AvgIpc) is 2.36. The van der Waals surface area contributed by atoms with E-state index in [1.54, 1.807) is 6.08 Å². The highest BCUT2D eigenvalue weighted by Crippen LogP contribution is 2.30. The van der Waals surface area contributed by atoms with Gasteiger partial charge in [-0.15, -0.1) is 0 Å². The lowest BCUT2D eigenvalue weighted by molar-refractivity contribution is 0.241. The van der Waals surface area contributed by atoms with Crippen molar-refractivity contribution in [3.63, 3.8) is 0 Å². The number of allylic oxidation sites excluding steroid dienone is 2. The van der Waals surface area contributed by atoms with Gasteiger partial charge in [-0.2, -0.15) is 4.98 Å². The number of hydrogen-bond acceptors (Lipinski definition) is 5. The van der Waals surface area contributed by atoms with Gasteiger partial charge in [0.1, 0.15) is 17.9 Å². The Morgan fingerprint density at radius 3 is 2.90 bits per heavy atom.